The Hall–Kier alpha value is -1.63. The zero-order valence-corrected chi connectivity index (χ0v) is 16.0. The molecule has 0 bridgehead atoms. The molecule has 0 atom stereocenters. The highest BCUT2D eigenvalue weighted by Crippen LogP contribution is 2.23. The lowest BCUT2D eigenvalue weighted by Crippen LogP contribution is -2.43. The first kappa shape index (κ1) is 18.2. The van der Waals surface area contributed by atoms with Crippen molar-refractivity contribution in [3.05, 3.63) is 50.9 Å². The lowest BCUT2D eigenvalue weighted by Gasteiger charge is -2.27. The third-order valence-corrected chi connectivity index (χ3v) is 5.57. The van der Waals surface area contributed by atoms with Crippen LogP contribution in [0.5, 0.6) is 0 Å². The molecule has 3 heterocycles. The van der Waals surface area contributed by atoms with Crippen LogP contribution in [0.1, 0.15) is 16.0 Å². The zero-order chi connectivity index (χ0) is 17.5. The van der Waals surface area contributed by atoms with Gasteiger partial charge in [-0.25, -0.2) is 4.98 Å². The van der Waals surface area contributed by atoms with Crippen LogP contribution < -0.4 is 10.6 Å². The summed E-state index contributed by atoms with van der Waals surface area (Å²) in [5.74, 6) is 0.843. The number of hydrogen-bond acceptors (Lipinski definition) is 4. The molecule has 134 valence electrons. The zero-order valence-electron chi connectivity index (χ0n) is 14.5. The minimum absolute atomic E-state index is 0.529. The van der Waals surface area contributed by atoms with E-state index in [9.17, 15) is 0 Å². The average molecular weight is 378 g/mol. The van der Waals surface area contributed by atoms with Gasteiger partial charge in [-0.05, 0) is 41.5 Å². The van der Waals surface area contributed by atoms with E-state index in [1.54, 1.807) is 11.9 Å². The van der Waals surface area contributed by atoms with Gasteiger partial charge in [0.05, 0.1) is 0 Å². The minimum atomic E-state index is 0.529. The molecule has 3 rings (SSSR count). The van der Waals surface area contributed by atoms with Crippen LogP contribution in [0.3, 0.4) is 0 Å². The highest BCUT2D eigenvalue weighted by Gasteiger charge is 2.16. The standard InChI is InChI=1S/C18H24ClN5S/c1-20-18(21-7-4-14-2-3-17(19)23-12-14)22-8-10-24-9-5-16-15(13-24)6-11-25-16/h2-3,6,11-12H,4-5,7-10,13H2,1H3,(H2,20,21,22). The van der Waals surface area contributed by atoms with Crippen LogP contribution in [0.15, 0.2) is 34.8 Å². The summed E-state index contributed by atoms with van der Waals surface area (Å²) in [5, 5.41) is 9.47. The van der Waals surface area contributed by atoms with Gasteiger partial charge in [-0.2, -0.15) is 0 Å². The summed E-state index contributed by atoms with van der Waals surface area (Å²) in [4.78, 5) is 12.4. The number of pyridine rings is 1. The van der Waals surface area contributed by atoms with Gasteiger partial charge in [0, 0.05) is 50.8 Å². The molecule has 2 aromatic rings. The Morgan fingerprint density at radius 3 is 3.00 bits per heavy atom. The van der Waals surface area contributed by atoms with Crippen molar-refractivity contribution in [2.45, 2.75) is 19.4 Å². The number of nitrogens with one attached hydrogen (secondary N) is 2. The maximum absolute atomic E-state index is 5.80. The molecule has 0 fully saturated rings. The quantitative estimate of drug-likeness (QED) is 0.461. The Balaban J connectivity index is 1.35. The normalized spacial score (nSPS) is 15.0. The first-order valence-electron chi connectivity index (χ1n) is 8.57. The van der Waals surface area contributed by atoms with Crippen molar-refractivity contribution in [3.8, 4) is 0 Å². The molecule has 2 aromatic heterocycles. The van der Waals surface area contributed by atoms with E-state index in [0.717, 1.165) is 50.7 Å². The molecular weight excluding hydrogens is 354 g/mol. The number of aromatic nitrogens is 1. The monoisotopic (exact) mass is 377 g/mol. The molecular formula is C18H24ClN5S. The second-order valence-electron chi connectivity index (χ2n) is 6.06. The second kappa shape index (κ2) is 9.17. The van der Waals surface area contributed by atoms with Crippen molar-refractivity contribution in [1.82, 2.24) is 20.5 Å². The van der Waals surface area contributed by atoms with Gasteiger partial charge in [-0.15, -0.1) is 11.3 Å². The number of aliphatic imine (C=N–C) groups is 1. The number of hydrogen-bond donors (Lipinski definition) is 2. The number of thiophene rings is 1. The van der Waals surface area contributed by atoms with Crippen LogP contribution in [-0.4, -0.2) is 49.1 Å². The van der Waals surface area contributed by atoms with E-state index >= 15 is 0 Å². The summed E-state index contributed by atoms with van der Waals surface area (Å²) >= 11 is 7.69. The molecule has 0 unspecified atom stereocenters. The number of rotatable bonds is 6. The molecule has 0 aliphatic carbocycles. The highest BCUT2D eigenvalue weighted by molar-refractivity contribution is 7.10. The molecule has 1 aliphatic heterocycles. The summed E-state index contributed by atoms with van der Waals surface area (Å²) in [6, 6.07) is 6.08. The highest BCUT2D eigenvalue weighted by atomic mass is 35.5. The van der Waals surface area contributed by atoms with E-state index in [2.05, 4.69) is 37.0 Å². The van der Waals surface area contributed by atoms with Gasteiger partial charge >= 0.3 is 0 Å². The fraction of sp³-hybridized carbons (Fsp3) is 0.444. The summed E-state index contributed by atoms with van der Waals surface area (Å²) in [6.07, 6.45) is 3.88. The van der Waals surface area contributed by atoms with Crippen LogP contribution in [-0.2, 0) is 19.4 Å². The number of nitrogens with zero attached hydrogens (tertiary/aromatic N) is 3. The third kappa shape index (κ3) is 5.42. The maximum Gasteiger partial charge on any atom is 0.191 e. The van der Waals surface area contributed by atoms with E-state index in [1.807, 2.05) is 29.7 Å². The molecule has 0 spiro atoms. The summed E-state index contributed by atoms with van der Waals surface area (Å²) in [7, 11) is 1.80. The molecule has 0 saturated carbocycles. The van der Waals surface area contributed by atoms with Crippen molar-refractivity contribution in [2.24, 2.45) is 4.99 Å². The van der Waals surface area contributed by atoms with E-state index < -0.39 is 0 Å². The third-order valence-electron chi connectivity index (χ3n) is 4.33. The first-order valence-corrected chi connectivity index (χ1v) is 9.83. The molecule has 0 saturated heterocycles. The average Bonchev–Trinajstić information content (AvgIpc) is 3.10. The molecule has 0 radical (unpaired) electrons. The van der Waals surface area contributed by atoms with Gasteiger partial charge < -0.3 is 10.6 Å². The molecule has 1 aliphatic rings. The SMILES string of the molecule is CN=C(NCCc1ccc(Cl)nc1)NCCN1CCc2sccc2C1. The Bertz CT molecular complexity index is 698. The number of halogens is 1. The van der Waals surface area contributed by atoms with Crippen molar-refractivity contribution in [1.29, 1.82) is 0 Å². The van der Waals surface area contributed by atoms with Crippen molar-refractivity contribution in [2.75, 3.05) is 33.2 Å². The Kier molecular flexibility index (Phi) is 6.67. The van der Waals surface area contributed by atoms with Gasteiger partial charge in [0.2, 0.25) is 0 Å². The maximum atomic E-state index is 5.80. The van der Waals surface area contributed by atoms with Gasteiger partial charge in [0.15, 0.2) is 5.96 Å². The molecule has 7 heteroatoms. The molecule has 0 amide bonds. The smallest absolute Gasteiger partial charge is 0.191 e. The van der Waals surface area contributed by atoms with E-state index in [-0.39, 0.29) is 0 Å². The van der Waals surface area contributed by atoms with Crippen LogP contribution in [0, 0.1) is 0 Å². The summed E-state index contributed by atoms with van der Waals surface area (Å²) in [5.41, 5.74) is 2.66. The molecule has 5 nitrogen and oxygen atoms in total. The topological polar surface area (TPSA) is 52.6 Å². The molecule has 2 N–H and O–H groups in total. The van der Waals surface area contributed by atoms with Crippen LogP contribution in [0.2, 0.25) is 5.15 Å². The van der Waals surface area contributed by atoms with E-state index in [4.69, 9.17) is 11.6 Å². The van der Waals surface area contributed by atoms with Crippen molar-refractivity contribution < 1.29 is 0 Å². The predicted molar refractivity (Wildman–Crippen MR) is 106 cm³/mol. The lowest BCUT2D eigenvalue weighted by molar-refractivity contribution is 0.260. The molecule has 0 aromatic carbocycles. The Morgan fingerprint density at radius 1 is 1.32 bits per heavy atom. The second-order valence-corrected chi connectivity index (χ2v) is 7.45. The van der Waals surface area contributed by atoms with Crippen LogP contribution >= 0.6 is 22.9 Å². The van der Waals surface area contributed by atoms with Crippen LogP contribution in [0.25, 0.3) is 0 Å². The van der Waals surface area contributed by atoms with E-state index in [1.165, 1.54) is 12.0 Å². The Labute approximate surface area is 158 Å². The van der Waals surface area contributed by atoms with Crippen molar-refractivity contribution >= 4 is 28.9 Å². The van der Waals surface area contributed by atoms with Gasteiger partial charge in [0.1, 0.15) is 5.15 Å². The summed E-state index contributed by atoms with van der Waals surface area (Å²) in [6.45, 7) is 4.94. The largest absolute Gasteiger partial charge is 0.356 e. The Morgan fingerprint density at radius 2 is 2.20 bits per heavy atom. The van der Waals surface area contributed by atoms with Gasteiger partial charge in [-0.1, -0.05) is 17.7 Å². The van der Waals surface area contributed by atoms with Gasteiger partial charge in [-0.3, -0.25) is 9.89 Å². The first-order chi connectivity index (χ1) is 12.2. The fourth-order valence-corrected chi connectivity index (χ4v) is 3.93. The van der Waals surface area contributed by atoms with Gasteiger partial charge in [0.25, 0.3) is 0 Å². The number of guanidine groups is 1. The minimum Gasteiger partial charge on any atom is -0.356 e. The number of fused-ring (bicyclic) bond motifs is 1. The van der Waals surface area contributed by atoms with E-state index in [0.29, 0.717) is 5.15 Å². The predicted octanol–water partition coefficient (Wildman–Crippen LogP) is 2.56. The van der Waals surface area contributed by atoms with Crippen molar-refractivity contribution in [3.63, 3.8) is 0 Å². The fourth-order valence-electron chi connectivity index (χ4n) is 2.93. The van der Waals surface area contributed by atoms with Crippen LogP contribution in [0.4, 0.5) is 0 Å². The molecule has 25 heavy (non-hydrogen) atoms. The lowest BCUT2D eigenvalue weighted by atomic mass is 10.1. The summed E-state index contributed by atoms with van der Waals surface area (Å²) < 4.78 is 0.